The van der Waals surface area contributed by atoms with Gasteiger partial charge in [-0.25, -0.2) is 4.98 Å². The minimum atomic E-state index is 0.161. The van der Waals surface area contributed by atoms with E-state index in [1.54, 1.807) is 10.8 Å². The molecular formula is C20H23N7. The third kappa shape index (κ3) is 2.98. The van der Waals surface area contributed by atoms with Crippen molar-refractivity contribution >= 4 is 16.9 Å². The van der Waals surface area contributed by atoms with Crippen molar-refractivity contribution in [1.29, 1.82) is 10.7 Å². The Hall–Kier alpha value is -3.11. The summed E-state index contributed by atoms with van der Waals surface area (Å²) in [5.74, 6) is 0. The quantitative estimate of drug-likeness (QED) is 0.741. The average molecular weight is 361 g/mol. The van der Waals surface area contributed by atoms with Gasteiger partial charge in [-0.2, -0.15) is 5.26 Å². The first-order chi connectivity index (χ1) is 13.1. The number of benzene rings is 1. The summed E-state index contributed by atoms with van der Waals surface area (Å²) in [4.78, 5) is 6.82. The van der Waals surface area contributed by atoms with Gasteiger partial charge in [-0.1, -0.05) is 18.2 Å². The molecule has 1 saturated heterocycles. The van der Waals surface area contributed by atoms with E-state index in [-0.39, 0.29) is 6.04 Å². The highest BCUT2D eigenvalue weighted by Gasteiger charge is 2.22. The first-order valence-corrected chi connectivity index (χ1v) is 9.17. The molecule has 3 N–H and O–H groups in total. The van der Waals surface area contributed by atoms with E-state index in [0.29, 0.717) is 17.7 Å². The fourth-order valence-corrected chi connectivity index (χ4v) is 3.90. The maximum absolute atomic E-state index is 9.43. The summed E-state index contributed by atoms with van der Waals surface area (Å²) in [5.41, 5.74) is 10.8. The number of rotatable bonds is 3. The molecule has 138 valence electrons. The van der Waals surface area contributed by atoms with Crippen LogP contribution < -0.4 is 16.3 Å². The maximum atomic E-state index is 9.43. The highest BCUT2D eigenvalue weighted by Crippen LogP contribution is 2.27. The van der Waals surface area contributed by atoms with Crippen molar-refractivity contribution in [2.75, 3.05) is 18.0 Å². The molecule has 27 heavy (non-hydrogen) atoms. The zero-order chi connectivity index (χ0) is 19.0. The Bertz CT molecular complexity index is 1090. The Morgan fingerprint density at radius 1 is 1.33 bits per heavy atom. The number of aryl methyl sites for hydroxylation is 1. The number of hydrogen-bond donors (Lipinski definition) is 2. The standard InChI is InChI=1S/C20H23N7/c1-25-19-18(17(8-9-24-19)26-10-4-7-16(22)13-26)27(20(25)23)12-15-6-3-2-5-14(15)11-21/h2-3,5-6,8-9,16,23H,4,7,10,12-13,22H2,1H3/t16-/m1/s1. The van der Waals surface area contributed by atoms with Crippen LogP contribution in [0.25, 0.3) is 11.2 Å². The van der Waals surface area contributed by atoms with Gasteiger partial charge in [0.05, 0.1) is 23.9 Å². The third-order valence-corrected chi connectivity index (χ3v) is 5.31. The molecule has 3 heterocycles. The highest BCUT2D eigenvalue weighted by atomic mass is 15.2. The lowest BCUT2D eigenvalue weighted by Crippen LogP contribution is -2.43. The minimum Gasteiger partial charge on any atom is -0.368 e. The predicted molar refractivity (Wildman–Crippen MR) is 104 cm³/mol. The largest absolute Gasteiger partial charge is 0.368 e. The molecule has 3 aromatic rings. The van der Waals surface area contributed by atoms with Crippen LogP contribution in [0.4, 0.5) is 5.69 Å². The van der Waals surface area contributed by atoms with Crippen molar-refractivity contribution < 1.29 is 0 Å². The van der Waals surface area contributed by atoms with Gasteiger partial charge in [0, 0.05) is 32.4 Å². The first kappa shape index (κ1) is 17.3. The fourth-order valence-electron chi connectivity index (χ4n) is 3.90. The summed E-state index contributed by atoms with van der Waals surface area (Å²) in [6, 6.07) is 12.0. The van der Waals surface area contributed by atoms with Gasteiger partial charge in [-0.3, -0.25) is 9.98 Å². The molecule has 0 radical (unpaired) electrons. The van der Waals surface area contributed by atoms with Crippen LogP contribution in [0.3, 0.4) is 0 Å². The molecule has 7 heteroatoms. The number of imidazole rings is 1. The Morgan fingerprint density at radius 3 is 2.93 bits per heavy atom. The van der Waals surface area contributed by atoms with Crippen LogP contribution >= 0.6 is 0 Å². The lowest BCUT2D eigenvalue weighted by molar-refractivity contribution is 0.506. The molecule has 0 amide bonds. The second-order valence-corrected chi connectivity index (χ2v) is 7.09. The molecule has 0 bridgehead atoms. The average Bonchev–Trinajstić information content (AvgIpc) is 2.93. The van der Waals surface area contributed by atoms with E-state index in [1.165, 1.54) is 0 Å². The van der Waals surface area contributed by atoms with Crippen LogP contribution in [0.15, 0.2) is 36.5 Å². The number of nitrogens with one attached hydrogen (secondary N) is 1. The van der Waals surface area contributed by atoms with Crippen molar-refractivity contribution in [3.63, 3.8) is 0 Å². The van der Waals surface area contributed by atoms with Crippen LogP contribution in [0.5, 0.6) is 0 Å². The van der Waals surface area contributed by atoms with Gasteiger partial charge in [0.15, 0.2) is 5.65 Å². The van der Waals surface area contributed by atoms with Gasteiger partial charge in [-0.05, 0) is 30.5 Å². The summed E-state index contributed by atoms with van der Waals surface area (Å²) < 4.78 is 3.73. The lowest BCUT2D eigenvalue weighted by atomic mass is 10.1. The molecule has 0 aliphatic carbocycles. The molecule has 2 aromatic heterocycles. The van der Waals surface area contributed by atoms with E-state index in [9.17, 15) is 5.26 Å². The van der Waals surface area contributed by atoms with Gasteiger partial charge in [0.2, 0.25) is 5.62 Å². The third-order valence-electron chi connectivity index (χ3n) is 5.31. The number of pyridine rings is 1. The molecule has 7 nitrogen and oxygen atoms in total. The normalized spacial score (nSPS) is 17.2. The zero-order valence-corrected chi connectivity index (χ0v) is 15.4. The molecule has 4 rings (SSSR count). The lowest BCUT2D eigenvalue weighted by Gasteiger charge is -2.33. The topological polar surface area (TPSA) is 99.7 Å². The highest BCUT2D eigenvalue weighted by molar-refractivity contribution is 5.87. The maximum Gasteiger partial charge on any atom is 0.204 e. The molecule has 0 unspecified atom stereocenters. The second-order valence-electron chi connectivity index (χ2n) is 7.09. The summed E-state index contributed by atoms with van der Waals surface area (Å²) in [6.07, 6.45) is 3.90. The SMILES string of the molecule is Cn1c(=N)n(Cc2ccccc2C#N)c2c(N3CCC[C@@H](N)C3)ccnc21. The monoisotopic (exact) mass is 361 g/mol. The van der Waals surface area contributed by atoms with Crippen molar-refractivity contribution in [2.45, 2.75) is 25.4 Å². The molecule has 0 saturated carbocycles. The first-order valence-electron chi connectivity index (χ1n) is 9.17. The Kier molecular flexibility index (Phi) is 4.42. The van der Waals surface area contributed by atoms with Gasteiger partial charge >= 0.3 is 0 Å². The van der Waals surface area contributed by atoms with E-state index in [1.807, 2.05) is 41.9 Å². The van der Waals surface area contributed by atoms with Crippen molar-refractivity contribution in [1.82, 2.24) is 14.1 Å². The molecule has 0 spiro atoms. The Balaban J connectivity index is 1.89. The minimum absolute atomic E-state index is 0.161. The van der Waals surface area contributed by atoms with E-state index in [0.717, 1.165) is 48.3 Å². The van der Waals surface area contributed by atoms with Crippen LogP contribution in [0, 0.1) is 16.7 Å². The molecule has 1 aliphatic heterocycles. The second kappa shape index (κ2) is 6.89. The molecule has 1 aliphatic rings. The number of fused-ring (bicyclic) bond motifs is 1. The van der Waals surface area contributed by atoms with Crippen LogP contribution in [0.2, 0.25) is 0 Å². The van der Waals surface area contributed by atoms with Gasteiger partial charge < -0.3 is 15.2 Å². The number of piperidine rings is 1. The number of hydrogen-bond acceptors (Lipinski definition) is 5. The summed E-state index contributed by atoms with van der Waals surface area (Å²) >= 11 is 0. The number of anilines is 1. The number of aromatic nitrogens is 3. The molecule has 1 aromatic carbocycles. The fraction of sp³-hybridized carbons (Fsp3) is 0.350. The van der Waals surface area contributed by atoms with E-state index in [2.05, 4.69) is 16.0 Å². The van der Waals surface area contributed by atoms with Crippen molar-refractivity contribution in [2.24, 2.45) is 12.8 Å². The van der Waals surface area contributed by atoms with Crippen LogP contribution in [-0.2, 0) is 13.6 Å². The van der Waals surface area contributed by atoms with E-state index >= 15 is 0 Å². The number of nitrogens with two attached hydrogens (primary N) is 1. The zero-order valence-electron chi connectivity index (χ0n) is 15.4. The summed E-state index contributed by atoms with van der Waals surface area (Å²) in [7, 11) is 1.86. The summed E-state index contributed by atoms with van der Waals surface area (Å²) in [6.45, 7) is 2.21. The van der Waals surface area contributed by atoms with E-state index in [4.69, 9.17) is 11.1 Å². The van der Waals surface area contributed by atoms with Crippen LogP contribution in [0.1, 0.15) is 24.0 Å². The smallest absolute Gasteiger partial charge is 0.204 e. The summed E-state index contributed by atoms with van der Waals surface area (Å²) in [5, 5.41) is 18.0. The van der Waals surface area contributed by atoms with Crippen molar-refractivity contribution in [3.05, 3.63) is 53.3 Å². The van der Waals surface area contributed by atoms with Crippen LogP contribution in [-0.4, -0.2) is 33.2 Å². The number of nitriles is 1. The van der Waals surface area contributed by atoms with Crippen molar-refractivity contribution in [3.8, 4) is 6.07 Å². The molecule has 1 fully saturated rings. The van der Waals surface area contributed by atoms with Gasteiger partial charge in [0.1, 0.15) is 5.52 Å². The molecular weight excluding hydrogens is 338 g/mol. The number of nitrogens with zero attached hydrogens (tertiary/aromatic N) is 5. The Labute approximate surface area is 157 Å². The van der Waals surface area contributed by atoms with E-state index < -0.39 is 0 Å². The van der Waals surface area contributed by atoms with Gasteiger partial charge in [-0.15, -0.1) is 0 Å². The predicted octanol–water partition coefficient (Wildman–Crippen LogP) is 1.70. The molecule has 1 atom stereocenters. The van der Waals surface area contributed by atoms with Gasteiger partial charge in [0.25, 0.3) is 0 Å². The Morgan fingerprint density at radius 2 is 2.15 bits per heavy atom.